The molecule has 2 atom stereocenters. The minimum Gasteiger partial charge on any atom is -0.507 e. The first kappa shape index (κ1) is 22.9. The van der Waals surface area contributed by atoms with Gasteiger partial charge < -0.3 is 24.2 Å². The number of hydrogen-bond acceptors (Lipinski definition) is 6. The third-order valence-corrected chi connectivity index (χ3v) is 6.33. The zero-order valence-electron chi connectivity index (χ0n) is 19.2. The fourth-order valence-electron chi connectivity index (χ4n) is 4.50. The van der Waals surface area contributed by atoms with E-state index in [1.54, 1.807) is 18.2 Å². The van der Waals surface area contributed by atoms with Crippen molar-refractivity contribution in [3.8, 4) is 11.5 Å². The van der Waals surface area contributed by atoms with Crippen LogP contribution in [0, 0.1) is 0 Å². The highest BCUT2D eigenvalue weighted by molar-refractivity contribution is 6.46. The summed E-state index contributed by atoms with van der Waals surface area (Å²) in [5.41, 5.74) is 2.28. The van der Waals surface area contributed by atoms with Crippen molar-refractivity contribution in [2.75, 3.05) is 27.4 Å². The Kier molecular flexibility index (Phi) is 6.70. The standard InChI is InChI=1S/C26H29NO6/c1-4-16-7-9-17(10-8-16)23-22(24(28)20-12-11-18(31-2)14-21(20)32-3)25(29)26(30)27(23)15-19-6-5-13-33-19/h7-12,14,19,23,28H,4-6,13,15H2,1-3H3/b24-22-. The van der Waals surface area contributed by atoms with Crippen LogP contribution in [0.3, 0.4) is 0 Å². The summed E-state index contributed by atoms with van der Waals surface area (Å²) in [5, 5.41) is 11.3. The van der Waals surface area contributed by atoms with E-state index in [9.17, 15) is 14.7 Å². The molecule has 2 aromatic carbocycles. The first-order chi connectivity index (χ1) is 16.0. The predicted molar refractivity (Wildman–Crippen MR) is 123 cm³/mol. The molecule has 1 amide bonds. The number of amides is 1. The SMILES string of the molecule is CCc1ccc(C2/C(=C(/O)c3ccc(OC)cc3OC)C(=O)C(=O)N2CC2CCCO2)cc1. The average Bonchev–Trinajstić information content (AvgIpc) is 3.45. The first-order valence-corrected chi connectivity index (χ1v) is 11.2. The second kappa shape index (κ2) is 9.67. The van der Waals surface area contributed by atoms with Gasteiger partial charge in [0.15, 0.2) is 0 Å². The van der Waals surface area contributed by atoms with Crippen LogP contribution in [0.2, 0.25) is 0 Å². The Balaban J connectivity index is 1.84. The molecule has 2 heterocycles. The fraction of sp³-hybridized carbons (Fsp3) is 0.385. The van der Waals surface area contributed by atoms with Crippen molar-refractivity contribution in [3.63, 3.8) is 0 Å². The molecule has 2 aromatic rings. The van der Waals surface area contributed by atoms with Crippen LogP contribution in [0.5, 0.6) is 11.5 Å². The number of likely N-dealkylation sites (tertiary alicyclic amines) is 1. The number of carbonyl (C=O) groups excluding carboxylic acids is 2. The summed E-state index contributed by atoms with van der Waals surface area (Å²) in [6, 6.07) is 12.0. The minimum absolute atomic E-state index is 0.0470. The first-order valence-electron chi connectivity index (χ1n) is 11.2. The van der Waals surface area contributed by atoms with E-state index >= 15 is 0 Å². The summed E-state index contributed by atoms with van der Waals surface area (Å²) in [6.45, 7) is 3.00. The summed E-state index contributed by atoms with van der Waals surface area (Å²) in [4.78, 5) is 27.9. The average molecular weight is 452 g/mol. The van der Waals surface area contributed by atoms with Gasteiger partial charge in [-0.2, -0.15) is 0 Å². The normalized spacial score (nSPS) is 22.1. The number of nitrogens with zero attached hydrogens (tertiary/aromatic N) is 1. The summed E-state index contributed by atoms with van der Waals surface area (Å²) in [5.74, 6) is -0.726. The van der Waals surface area contributed by atoms with Crippen LogP contribution in [0.4, 0.5) is 0 Å². The van der Waals surface area contributed by atoms with E-state index in [0.29, 0.717) is 30.2 Å². The van der Waals surface area contributed by atoms with E-state index in [-0.39, 0.29) is 17.4 Å². The maximum atomic E-state index is 13.2. The van der Waals surface area contributed by atoms with Crippen molar-refractivity contribution in [1.82, 2.24) is 4.90 Å². The van der Waals surface area contributed by atoms with Gasteiger partial charge in [0.25, 0.3) is 11.7 Å². The lowest BCUT2D eigenvalue weighted by atomic mass is 9.94. The van der Waals surface area contributed by atoms with Gasteiger partial charge in [-0.1, -0.05) is 31.2 Å². The molecule has 7 nitrogen and oxygen atoms in total. The molecular formula is C26H29NO6. The molecule has 0 bridgehead atoms. The van der Waals surface area contributed by atoms with Crippen LogP contribution in [0.1, 0.15) is 42.5 Å². The van der Waals surface area contributed by atoms with Gasteiger partial charge in [-0.15, -0.1) is 0 Å². The Labute approximate surface area is 193 Å². The number of ketones is 1. The monoisotopic (exact) mass is 451 g/mol. The molecule has 0 spiro atoms. The Morgan fingerprint density at radius 1 is 1.12 bits per heavy atom. The van der Waals surface area contributed by atoms with E-state index in [2.05, 4.69) is 6.92 Å². The molecule has 1 N–H and O–H groups in total. The number of hydrogen-bond donors (Lipinski definition) is 1. The van der Waals surface area contributed by atoms with Crippen LogP contribution in [-0.2, 0) is 20.7 Å². The van der Waals surface area contributed by atoms with Gasteiger partial charge in [-0.3, -0.25) is 9.59 Å². The second-order valence-electron chi connectivity index (χ2n) is 8.25. The molecule has 2 unspecified atom stereocenters. The Hall–Kier alpha value is -3.32. The Morgan fingerprint density at radius 3 is 2.48 bits per heavy atom. The number of Topliss-reactive ketones (excluding diaryl/α,β-unsaturated/α-hetero) is 1. The fourth-order valence-corrected chi connectivity index (χ4v) is 4.50. The van der Waals surface area contributed by atoms with E-state index in [1.807, 2.05) is 24.3 Å². The van der Waals surface area contributed by atoms with Gasteiger partial charge >= 0.3 is 0 Å². The predicted octanol–water partition coefficient (Wildman–Crippen LogP) is 3.87. The minimum atomic E-state index is -0.716. The molecule has 2 aliphatic heterocycles. The largest absolute Gasteiger partial charge is 0.507 e. The summed E-state index contributed by atoms with van der Waals surface area (Å²) >= 11 is 0. The quantitative estimate of drug-likeness (QED) is 0.391. The zero-order chi connectivity index (χ0) is 23.5. The van der Waals surface area contributed by atoms with Crippen molar-refractivity contribution in [2.24, 2.45) is 0 Å². The summed E-state index contributed by atoms with van der Waals surface area (Å²) in [7, 11) is 3.01. The molecule has 174 valence electrons. The molecule has 0 saturated carbocycles. The molecule has 2 saturated heterocycles. The lowest BCUT2D eigenvalue weighted by molar-refractivity contribution is -0.140. The summed E-state index contributed by atoms with van der Waals surface area (Å²) < 4.78 is 16.4. The van der Waals surface area contributed by atoms with Crippen molar-refractivity contribution in [1.29, 1.82) is 0 Å². The number of methoxy groups -OCH3 is 2. The lowest BCUT2D eigenvalue weighted by Gasteiger charge is -2.27. The van der Waals surface area contributed by atoms with Gasteiger partial charge in [-0.25, -0.2) is 0 Å². The highest BCUT2D eigenvalue weighted by atomic mass is 16.5. The van der Waals surface area contributed by atoms with Crippen LogP contribution in [-0.4, -0.2) is 55.2 Å². The van der Waals surface area contributed by atoms with Crippen LogP contribution in [0.15, 0.2) is 48.0 Å². The highest BCUT2D eigenvalue weighted by Gasteiger charge is 2.47. The van der Waals surface area contributed by atoms with E-state index in [0.717, 1.165) is 30.4 Å². The molecule has 0 aliphatic carbocycles. The van der Waals surface area contributed by atoms with Gasteiger partial charge in [0.1, 0.15) is 17.3 Å². The van der Waals surface area contributed by atoms with Crippen LogP contribution in [0.25, 0.3) is 5.76 Å². The maximum Gasteiger partial charge on any atom is 0.295 e. The van der Waals surface area contributed by atoms with E-state index < -0.39 is 17.7 Å². The van der Waals surface area contributed by atoms with Gasteiger partial charge in [0.05, 0.1) is 37.5 Å². The topological polar surface area (TPSA) is 85.3 Å². The molecule has 7 heteroatoms. The number of aliphatic hydroxyl groups is 1. The third-order valence-electron chi connectivity index (χ3n) is 6.33. The number of aliphatic hydroxyl groups excluding tert-OH is 1. The van der Waals surface area contributed by atoms with Gasteiger partial charge in [0.2, 0.25) is 0 Å². The van der Waals surface area contributed by atoms with Crippen LogP contribution >= 0.6 is 0 Å². The maximum absolute atomic E-state index is 13.2. The Bertz CT molecular complexity index is 1070. The molecule has 33 heavy (non-hydrogen) atoms. The number of benzene rings is 2. The molecule has 2 aliphatic rings. The molecular weight excluding hydrogens is 422 g/mol. The highest BCUT2D eigenvalue weighted by Crippen LogP contribution is 2.42. The van der Waals surface area contributed by atoms with Crippen molar-refractivity contribution in [2.45, 2.75) is 38.3 Å². The van der Waals surface area contributed by atoms with Crippen molar-refractivity contribution in [3.05, 3.63) is 64.7 Å². The van der Waals surface area contributed by atoms with E-state index in [4.69, 9.17) is 14.2 Å². The molecule has 2 fully saturated rings. The van der Waals surface area contributed by atoms with E-state index in [1.165, 1.54) is 19.1 Å². The molecule has 0 aromatic heterocycles. The number of ether oxygens (including phenoxy) is 3. The number of aryl methyl sites for hydroxylation is 1. The number of carbonyl (C=O) groups is 2. The smallest absolute Gasteiger partial charge is 0.295 e. The van der Waals surface area contributed by atoms with Crippen LogP contribution < -0.4 is 9.47 Å². The lowest BCUT2D eigenvalue weighted by Crippen LogP contribution is -2.36. The zero-order valence-corrected chi connectivity index (χ0v) is 19.2. The second-order valence-corrected chi connectivity index (χ2v) is 8.25. The molecule has 0 radical (unpaired) electrons. The Morgan fingerprint density at radius 2 is 1.88 bits per heavy atom. The van der Waals surface area contributed by atoms with Gasteiger partial charge in [-0.05, 0) is 42.5 Å². The third kappa shape index (κ3) is 4.33. The molecule has 4 rings (SSSR count). The van der Waals surface area contributed by atoms with Gasteiger partial charge in [0, 0.05) is 19.2 Å². The summed E-state index contributed by atoms with van der Waals surface area (Å²) in [6.07, 6.45) is 2.50. The van der Waals surface area contributed by atoms with Crippen molar-refractivity contribution >= 4 is 17.4 Å². The van der Waals surface area contributed by atoms with Crippen molar-refractivity contribution < 1.29 is 28.9 Å². The number of rotatable bonds is 7.